The van der Waals surface area contributed by atoms with Crippen LogP contribution in [0, 0.1) is 6.92 Å². The average Bonchev–Trinajstić information content (AvgIpc) is 3.25. The van der Waals surface area contributed by atoms with Gasteiger partial charge in [0.15, 0.2) is 0 Å². The lowest BCUT2D eigenvalue weighted by Crippen LogP contribution is -2.21. The van der Waals surface area contributed by atoms with Gasteiger partial charge in [-0.1, -0.05) is 18.2 Å². The van der Waals surface area contributed by atoms with Crippen LogP contribution in [0.25, 0.3) is 17.1 Å². The first-order valence-electron chi connectivity index (χ1n) is 8.72. The lowest BCUT2D eigenvalue weighted by atomic mass is 10.2. The van der Waals surface area contributed by atoms with Crippen molar-refractivity contribution in [3.05, 3.63) is 83.1 Å². The van der Waals surface area contributed by atoms with Gasteiger partial charge in [0.1, 0.15) is 17.7 Å². The second-order valence-electron chi connectivity index (χ2n) is 6.40. The summed E-state index contributed by atoms with van der Waals surface area (Å²) in [5, 5.41) is 0. The van der Waals surface area contributed by atoms with E-state index < -0.39 is 0 Å². The van der Waals surface area contributed by atoms with Gasteiger partial charge >= 0.3 is 0 Å². The van der Waals surface area contributed by atoms with Gasteiger partial charge in [-0.15, -0.1) is 0 Å². The van der Waals surface area contributed by atoms with Crippen LogP contribution in [0.1, 0.15) is 24.4 Å². The summed E-state index contributed by atoms with van der Waals surface area (Å²) in [6.45, 7) is 3.96. The lowest BCUT2D eigenvalue weighted by molar-refractivity contribution is 0.624. The molecule has 0 aliphatic carbocycles. The summed E-state index contributed by atoms with van der Waals surface area (Å²) in [7, 11) is 1.88. The van der Waals surface area contributed by atoms with E-state index in [1.54, 1.807) is 17.1 Å². The molecule has 7 nitrogen and oxygen atoms in total. The predicted molar refractivity (Wildman–Crippen MR) is 103 cm³/mol. The zero-order valence-electron chi connectivity index (χ0n) is 15.4. The largest absolute Gasteiger partial charge is 0.322 e. The van der Waals surface area contributed by atoms with Crippen molar-refractivity contribution in [3.63, 3.8) is 0 Å². The van der Waals surface area contributed by atoms with E-state index in [1.807, 2.05) is 72.7 Å². The van der Waals surface area contributed by atoms with Gasteiger partial charge in [-0.05, 0) is 32.0 Å². The number of para-hydroxylation sites is 1. The Hall–Kier alpha value is -3.48. The molecule has 0 amide bonds. The van der Waals surface area contributed by atoms with Crippen LogP contribution in [0.5, 0.6) is 0 Å². The Bertz CT molecular complexity index is 1120. The molecule has 0 saturated heterocycles. The van der Waals surface area contributed by atoms with E-state index in [4.69, 9.17) is 0 Å². The molecule has 1 atom stereocenters. The predicted octanol–water partition coefficient (Wildman–Crippen LogP) is 2.75. The zero-order chi connectivity index (χ0) is 19.0. The fraction of sp³-hybridized carbons (Fsp3) is 0.200. The molecule has 0 spiro atoms. The summed E-state index contributed by atoms with van der Waals surface area (Å²) in [5.41, 5.74) is 3.03. The molecule has 27 heavy (non-hydrogen) atoms. The third-order valence-corrected chi connectivity index (χ3v) is 4.90. The molecule has 0 aliphatic heterocycles. The number of imidazole rings is 1. The maximum atomic E-state index is 13.3. The molecule has 0 fully saturated rings. The Labute approximate surface area is 156 Å². The third-order valence-electron chi connectivity index (χ3n) is 4.90. The van der Waals surface area contributed by atoms with E-state index in [-0.39, 0.29) is 11.6 Å². The highest BCUT2D eigenvalue weighted by atomic mass is 16.1. The minimum Gasteiger partial charge on any atom is -0.322 e. The summed E-state index contributed by atoms with van der Waals surface area (Å²) in [6.07, 6.45) is 6.83. The second-order valence-corrected chi connectivity index (χ2v) is 6.40. The van der Waals surface area contributed by atoms with Crippen molar-refractivity contribution in [2.24, 2.45) is 7.05 Å². The van der Waals surface area contributed by atoms with E-state index in [1.165, 1.54) is 6.33 Å². The zero-order valence-corrected chi connectivity index (χ0v) is 15.4. The maximum Gasteiger partial charge on any atom is 0.282 e. The van der Waals surface area contributed by atoms with E-state index >= 15 is 0 Å². The minimum atomic E-state index is -0.0939. The first-order valence-corrected chi connectivity index (χ1v) is 8.72. The Balaban J connectivity index is 1.88. The Morgan fingerprint density at radius 3 is 2.52 bits per heavy atom. The topological polar surface area (TPSA) is 70.5 Å². The van der Waals surface area contributed by atoms with Gasteiger partial charge in [0.2, 0.25) is 0 Å². The summed E-state index contributed by atoms with van der Waals surface area (Å²) >= 11 is 0. The molecule has 0 saturated carbocycles. The molecule has 7 heteroatoms. The van der Waals surface area contributed by atoms with Gasteiger partial charge in [0.05, 0.1) is 17.4 Å². The molecule has 3 aromatic heterocycles. The van der Waals surface area contributed by atoms with E-state index in [9.17, 15) is 4.79 Å². The smallest absolute Gasteiger partial charge is 0.282 e. The van der Waals surface area contributed by atoms with Crippen LogP contribution in [0.4, 0.5) is 0 Å². The SMILES string of the molecule is Cc1c(-c2nccn2C(C)c2ccncn2)c(=O)n(-c2ccccc2)n1C. The Morgan fingerprint density at radius 2 is 1.81 bits per heavy atom. The summed E-state index contributed by atoms with van der Waals surface area (Å²) < 4.78 is 5.50. The lowest BCUT2D eigenvalue weighted by Gasteiger charge is -2.15. The molecular formula is C20H20N6O. The van der Waals surface area contributed by atoms with Crippen molar-refractivity contribution in [1.82, 2.24) is 28.9 Å². The molecule has 0 aliphatic rings. The number of rotatable bonds is 4. The second kappa shape index (κ2) is 6.68. The van der Waals surface area contributed by atoms with Crippen molar-refractivity contribution in [2.45, 2.75) is 19.9 Å². The molecule has 136 valence electrons. The highest BCUT2D eigenvalue weighted by molar-refractivity contribution is 5.59. The first kappa shape index (κ1) is 17.0. The number of nitrogens with zero attached hydrogens (tertiary/aromatic N) is 6. The molecule has 4 rings (SSSR count). The van der Waals surface area contributed by atoms with E-state index in [2.05, 4.69) is 15.0 Å². The monoisotopic (exact) mass is 360 g/mol. The average molecular weight is 360 g/mol. The summed E-state index contributed by atoms with van der Waals surface area (Å²) in [4.78, 5) is 26.1. The van der Waals surface area contributed by atoms with Crippen molar-refractivity contribution < 1.29 is 0 Å². The summed E-state index contributed by atoms with van der Waals surface area (Å²) in [5.74, 6) is 0.633. The number of aromatic nitrogens is 6. The van der Waals surface area contributed by atoms with Crippen LogP contribution in [-0.2, 0) is 7.05 Å². The molecule has 0 N–H and O–H groups in total. The quantitative estimate of drug-likeness (QED) is 0.561. The van der Waals surface area contributed by atoms with Crippen LogP contribution >= 0.6 is 0 Å². The molecule has 3 heterocycles. The Morgan fingerprint density at radius 1 is 1.04 bits per heavy atom. The number of hydrogen-bond donors (Lipinski definition) is 0. The highest BCUT2D eigenvalue weighted by Crippen LogP contribution is 2.25. The first-order chi connectivity index (χ1) is 13.1. The van der Waals surface area contributed by atoms with Gasteiger partial charge in [-0.3, -0.25) is 9.48 Å². The third kappa shape index (κ3) is 2.77. The van der Waals surface area contributed by atoms with Crippen LogP contribution < -0.4 is 5.56 Å². The maximum absolute atomic E-state index is 13.3. The fourth-order valence-corrected chi connectivity index (χ4v) is 3.34. The summed E-state index contributed by atoms with van der Waals surface area (Å²) in [6, 6.07) is 11.4. The van der Waals surface area contributed by atoms with Gasteiger partial charge in [0.25, 0.3) is 5.56 Å². The van der Waals surface area contributed by atoms with Gasteiger partial charge in [-0.2, -0.15) is 0 Å². The Kier molecular flexibility index (Phi) is 4.19. The number of hydrogen-bond acceptors (Lipinski definition) is 4. The molecular weight excluding hydrogens is 340 g/mol. The number of benzene rings is 1. The van der Waals surface area contributed by atoms with E-state index in [0.717, 1.165) is 17.1 Å². The highest BCUT2D eigenvalue weighted by Gasteiger charge is 2.23. The van der Waals surface area contributed by atoms with Crippen LogP contribution in [0.2, 0.25) is 0 Å². The molecule has 4 aromatic rings. The molecule has 1 unspecified atom stereocenters. The molecule has 0 bridgehead atoms. The van der Waals surface area contributed by atoms with Gasteiger partial charge < -0.3 is 4.57 Å². The van der Waals surface area contributed by atoms with Crippen LogP contribution in [-0.4, -0.2) is 28.9 Å². The van der Waals surface area contributed by atoms with Crippen LogP contribution in [0.3, 0.4) is 0 Å². The van der Waals surface area contributed by atoms with Crippen molar-refractivity contribution in [2.75, 3.05) is 0 Å². The molecule has 0 radical (unpaired) electrons. The van der Waals surface area contributed by atoms with Crippen molar-refractivity contribution >= 4 is 0 Å². The molecule has 1 aromatic carbocycles. The van der Waals surface area contributed by atoms with Gasteiger partial charge in [-0.25, -0.2) is 19.6 Å². The van der Waals surface area contributed by atoms with Crippen molar-refractivity contribution in [1.29, 1.82) is 0 Å². The van der Waals surface area contributed by atoms with Crippen molar-refractivity contribution in [3.8, 4) is 17.1 Å². The normalized spacial score (nSPS) is 12.3. The fourth-order valence-electron chi connectivity index (χ4n) is 3.34. The van der Waals surface area contributed by atoms with E-state index in [0.29, 0.717) is 11.4 Å². The van der Waals surface area contributed by atoms with Gasteiger partial charge in [0, 0.05) is 31.3 Å². The standard InChI is InChI=1S/C20H20N6O/c1-14(17-9-10-21-13-23-17)25-12-11-22-19(25)18-15(2)24(3)26(20(18)27)16-7-5-4-6-8-16/h4-14H,1-3H3. The minimum absolute atomic E-state index is 0.0744. The van der Waals surface area contributed by atoms with Crippen LogP contribution in [0.15, 0.2) is 66.1 Å².